The van der Waals surface area contributed by atoms with Gasteiger partial charge < -0.3 is 19.3 Å². The smallest absolute Gasteiger partial charge is 0.159 e. The molecule has 1 N–H and O–H groups in total. The van der Waals surface area contributed by atoms with Gasteiger partial charge in [-0.15, -0.1) is 0 Å². The van der Waals surface area contributed by atoms with E-state index in [0.717, 1.165) is 91.0 Å². The maximum absolute atomic E-state index is 13.3. The summed E-state index contributed by atoms with van der Waals surface area (Å²) in [5.41, 5.74) is 21.5. The molecule has 0 aliphatic heterocycles. The summed E-state index contributed by atoms with van der Waals surface area (Å²) in [4.78, 5) is 5.02. The van der Waals surface area contributed by atoms with Crippen LogP contribution in [0.1, 0.15) is 167 Å². The number of nitrogens with zero attached hydrogens (tertiary/aromatic N) is 2. The fourth-order valence-corrected chi connectivity index (χ4v) is 17.5. The fraction of sp³-hybridized carbons (Fsp3) is 0.264. The number of benzene rings is 12. The summed E-state index contributed by atoms with van der Waals surface area (Å²) in [6, 6.07) is 82.3. The van der Waals surface area contributed by atoms with Gasteiger partial charge >= 0.3 is 0 Å². The minimum absolute atomic E-state index is 0.278. The first-order chi connectivity index (χ1) is 45.0. The summed E-state index contributed by atoms with van der Waals surface area (Å²) in [6.45, 7) is 2.18. The molecule has 4 nitrogen and oxygen atoms in total. The van der Waals surface area contributed by atoms with Crippen molar-refractivity contribution in [2.75, 3.05) is 9.80 Å². The van der Waals surface area contributed by atoms with E-state index in [9.17, 15) is 5.11 Å². The molecule has 17 rings (SSSR count). The predicted octanol–water partition coefficient (Wildman–Crippen LogP) is 25.8. The number of hydrogen-bond donors (Lipinski definition) is 1. The van der Waals surface area contributed by atoms with E-state index >= 15 is 0 Å². The highest BCUT2D eigenvalue weighted by Gasteiger charge is 2.32. The molecule has 0 amide bonds. The lowest BCUT2D eigenvalue weighted by atomic mass is 9.82. The van der Waals surface area contributed by atoms with Crippen molar-refractivity contribution in [1.29, 1.82) is 0 Å². The van der Waals surface area contributed by atoms with Crippen molar-refractivity contribution in [3.8, 4) is 39.1 Å². The number of para-hydroxylation sites is 3. The van der Waals surface area contributed by atoms with Gasteiger partial charge in [0.1, 0.15) is 11.3 Å². The monoisotopic (exact) mass is 1180 g/mol. The number of fused-ring (bicyclic) bond motifs is 3. The lowest BCUT2D eigenvalue weighted by Gasteiger charge is -2.32. The van der Waals surface area contributed by atoms with Crippen molar-refractivity contribution >= 4 is 88.4 Å². The summed E-state index contributed by atoms with van der Waals surface area (Å²) in [5.74, 6) is 2.27. The number of phenolic OH excluding ortho intramolecular Hbond substituents is 1. The molecule has 4 heteroatoms. The zero-order valence-electron chi connectivity index (χ0n) is 52.6. The Balaban J connectivity index is 0.929. The second-order valence-electron chi connectivity index (χ2n) is 27.4. The molecule has 0 atom stereocenters. The number of aryl methyl sites for hydroxylation is 1. The number of phenols is 1. The second-order valence-corrected chi connectivity index (χ2v) is 27.4. The van der Waals surface area contributed by atoms with Crippen LogP contribution in [0.2, 0.25) is 0 Å². The van der Waals surface area contributed by atoms with Crippen LogP contribution in [0.4, 0.5) is 34.1 Å². The number of rotatable bonds is 13. The Morgan fingerprint density at radius 3 is 1.33 bits per heavy atom. The van der Waals surface area contributed by atoms with Gasteiger partial charge in [-0.05, 0) is 208 Å². The summed E-state index contributed by atoms with van der Waals surface area (Å²) in [6.07, 6.45) is 22.4. The molecule has 4 fully saturated rings. The average molecular weight is 1190 g/mol. The molecule has 1 aromatic heterocycles. The molecule has 0 saturated heterocycles. The Hall–Kier alpha value is -9.12. The first-order valence-corrected chi connectivity index (χ1v) is 34.6. The van der Waals surface area contributed by atoms with Crippen LogP contribution >= 0.6 is 0 Å². The fourth-order valence-electron chi connectivity index (χ4n) is 17.5. The van der Waals surface area contributed by atoms with Crippen molar-refractivity contribution in [3.63, 3.8) is 0 Å². The number of furan rings is 1. The van der Waals surface area contributed by atoms with E-state index in [0.29, 0.717) is 23.7 Å². The van der Waals surface area contributed by atoms with Crippen LogP contribution in [-0.4, -0.2) is 5.11 Å². The normalized spacial score (nSPS) is 16.4. The van der Waals surface area contributed by atoms with Gasteiger partial charge in [0.2, 0.25) is 0 Å². The molecule has 0 bridgehead atoms. The van der Waals surface area contributed by atoms with Crippen molar-refractivity contribution in [2.45, 2.75) is 146 Å². The van der Waals surface area contributed by atoms with Crippen LogP contribution in [0.5, 0.6) is 5.75 Å². The third-order valence-corrected chi connectivity index (χ3v) is 22.2. The van der Waals surface area contributed by atoms with Crippen LogP contribution in [0.25, 0.3) is 87.6 Å². The Morgan fingerprint density at radius 1 is 0.319 bits per heavy atom. The van der Waals surface area contributed by atoms with E-state index in [4.69, 9.17) is 4.42 Å². The molecular weight excluding hydrogens is 1100 g/mol. The molecule has 4 aliphatic rings. The largest absolute Gasteiger partial charge is 0.505 e. The van der Waals surface area contributed by atoms with Crippen LogP contribution in [0.3, 0.4) is 0 Å². The van der Waals surface area contributed by atoms with Crippen molar-refractivity contribution in [3.05, 3.63) is 246 Å². The van der Waals surface area contributed by atoms with Crippen molar-refractivity contribution < 1.29 is 9.52 Å². The predicted molar refractivity (Wildman–Crippen MR) is 384 cm³/mol. The zero-order valence-corrected chi connectivity index (χ0v) is 52.6. The SMILES string of the molecule is Cc1ccccc1-c1cccc(-c2cccc(N(c3ccc(C4CCCCC4)cc3)c3cc(C4CCCC4)c4ccc5c(N(c6ccc(C7CCCCC7)cc6)c6cccc7c6oc6c(-c8ccccc8)cccc67)cc(C6CCCC6)c6ccc3c4c65)c2O)c1. The molecule has 450 valence electrons. The minimum Gasteiger partial charge on any atom is -0.505 e. The Morgan fingerprint density at radius 2 is 0.747 bits per heavy atom. The van der Waals surface area contributed by atoms with Crippen molar-refractivity contribution in [1.82, 2.24) is 0 Å². The molecule has 4 saturated carbocycles. The average Bonchev–Trinajstić information content (AvgIpc) is 0.975. The molecule has 0 unspecified atom stereocenters. The zero-order chi connectivity index (χ0) is 60.5. The number of anilines is 6. The maximum atomic E-state index is 13.3. The van der Waals surface area contributed by atoms with E-state index < -0.39 is 0 Å². The first-order valence-electron chi connectivity index (χ1n) is 34.6. The van der Waals surface area contributed by atoms with Crippen LogP contribution < -0.4 is 9.80 Å². The summed E-state index contributed by atoms with van der Waals surface area (Å²) >= 11 is 0. The Kier molecular flexibility index (Phi) is 14.5. The number of hydrogen-bond acceptors (Lipinski definition) is 4. The molecule has 0 spiro atoms. The quantitative estimate of drug-likeness (QED) is 0.117. The third kappa shape index (κ3) is 9.86. The van der Waals surface area contributed by atoms with Crippen LogP contribution in [0.15, 0.2) is 223 Å². The molecule has 4 aliphatic carbocycles. The lowest BCUT2D eigenvalue weighted by Crippen LogP contribution is -2.14. The molecule has 12 aromatic carbocycles. The number of aromatic hydroxyl groups is 1. The van der Waals surface area contributed by atoms with E-state index in [2.05, 4.69) is 235 Å². The molecular formula is C87H80N2O2. The van der Waals surface area contributed by atoms with Gasteiger partial charge in [0.15, 0.2) is 5.58 Å². The summed E-state index contributed by atoms with van der Waals surface area (Å²) in [7, 11) is 0. The van der Waals surface area contributed by atoms with Gasteiger partial charge in [-0.2, -0.15) is 0 Å². The molecule has 0 radical (unpaired) electrons. The van der Waals surface area contributed by atoms with Crippen LogP contribution in [0, 0.1) is 6.92 Å². The van der Waals surface area contributed by atoms with Gasteiger partial charge in [-0.25, -0.2) is 0 Å². The van der Waals surface area contributed by atoms with E-state index in [1.165, 1.54) is 174 Å². The van der Waals surface area contributed by atoms with E-state index in [1.807, 2.05) is 0 Å². The van der Waals surface area contributed by atoms with E-state index in [-0.39, 0.29) is 5.75 Å². The topological polar surface area (TPSA) is 39.9 Å². The van der Waals surface area contributed by atoms with E-state index in [1.54, 1.807) is 0 Å². The highest BCUT2D eigenvalue weighted by molar-refractivity contribution is 6.30. The summed E-state index contributed by atoms with van der Waals surface area (Å²) < 4.78 is 7.42. The lowest BCUT2D eigenvalue weighted by molar-refractivity contribution is 0.443. The second kappa shape index (κ2) is 23.6. The summed E-state index contributed by atoms with van der Waals surface area (Å²) in [5, 5.41) is 23.4. The van der Waals surface area contributed by atoms with Crippen LogP contribution in [-0.2, 0) is 0 Å². The van der Waals surface area contributed by atoms with Gasteiger partial charge in [0.25, 0.3) is 0 Å². The molecule has 13 aromatic rings. The molecule has 1 heterocycles. The Bertz CT molecular complexity index is 4820. The third-order valence-electron chi connectivity index (χ3n) is 22.2. The standard InChI is InChI=1S/C87H80N2O2/c1-56-21-11-16-34-68(56)64-32-17-33-65(53-64)69-35-19-39-79(85(69)90)88(66-45-41-59(42-46-66)57-22-5-2-6-23-57)81-54-77(62-28-12-13-29-62)71-50-52-76-82(55-78(63-30-14-15-31-63)72-49-51-75(81)83(71)84(72)76)89(67-47-43-60(44-48-67)58-24-7-3-8-25-58)80-40-20-38-74-73-37-18-36-70(86(73)91-87(74)80)61-26-9-4-10-27-61/h4,9-11,16-21,26-27,32-55,57-58,62-63,90H,2-3,5-8,12-15,22-25,28-31H2,1H3. The van der Waals surface area contributed by atoms with Gasteiger partial charge in [0, 0.05) is 44.0 Å². The maximum Gasteiger partial charge on any atom is 0.159 e. The van der Waals surface area contributed by atoms with Crippen molar-refractivity contribution in [2.24, 2.45) is 0 Å². The van der Waals surface area contributed by atoms with Gasteiger partial charge in [-0.3, -0.25) is 0 Å². The Labute approximate surface area is 536 Å². The highest BCUT2D eigenvalue weighted by Crippen LogP contribution is 2.56. The minimum atomic E-state index is 0.278. The van der Waals surface area contributed by atoms with Gasteiger partial charge in [-0.1, -0.05) is 228 Å². The highest BCUT2D eigenvalue weighted by atomic mass is 16.3. The first kappa shape index (κ1) is 55.9. The van der Waals surface area contributed by atoms with Gasteiger partial charge in [0.05, 0.1) is 22.7 Å². The molecule has 91 heavy (non-hydrogen) atoms.